The van der Waals surface area contributed by atoms with E-state index in [1.165, 1.54) is 5.56 Å². The fourth-order valence-corrected chi connectivity index (χ4v) is 1.87. The van der Waals surface area contributed by atoms with Gasteiger partial charge in [-0.05, 0) is 29.3 Å². The highest BCUT2D eigenvalue weighted by molar-refractivity contribution is 14.0. The van der Waals surface area contributed by atoms with Gasteiger partial charge in [-0.2, -0.15) is 11.3 Å². The number of rotatable bonds is 5. The topological polar surface area (TPSA) is 56.7 Å². The molecule has 0 saturated heterocycles. The molecule has 0 fully saturated rings. The molecule has 0 atom stereocenters. The second-order valence-electron chi connectivity index (χ2n) is 3.97. The third-order valence-corrected chi connectivity index (χ3v) is 2.98. The lowest BCUT2D eigenvalue weighted by molar-refractivity contribution is -0.127. The normalized spacial score (nSPS) is 10.6. The average Bonchev–Trinajstić information content (AvgIpc) is 2.85. The highest BCUT2D eigenvalue weighted by Crippen LogP contribution is 2.06. The van der Waals surface area contributed by atoms with Gasteiger partial charge in [0.15, 0.2) is 5.96 Å². The van der Waals surface area contributed by atoms with E-state index in [9.17, 15) is 4.79 Å². The Morgan fingerprint density at radius 1 is 1.42 bits per heavy atom. The van der Waals surface area contributed by atoms with E-state index in [1.807, 2.05) is 18.4 Å². The van der Waals surface area contributed by atoms with Crippen LogP contribution in [-0.4, -0.2) is 44.0 Å². The van der Waals surface area contributed by atoms with Crippen molar-refractivity contribution < 1.29 is 4.79 Å². The summed E-state index contributed by atoms with van der Waals surface area (Å²) in [6, 6.07) is 2.04. The predicted molar refractivity (Wildman–Crippen MR) is 91.2 cm³/mol. The first kappa shape index (κ1) is 18.2. The molecule has 19 heavy (non-hydrogen) atoms. The quantitative estimate of drug-likeness (QED) is 0.451. The van der Waals surface area contributed by atoms with Crippen molar-refractivity contribution in [3.05, 3.63) is 22.4 Å². The summed E-state index contributed by atoms with van der Waals surface area (Å²) < 4.78 is 0. The Morgan fingerprint density at radius 3 is 2.68 bits per heavy atom. The molecule has 5 nitrogen and oxygen atoms in total. The van der Waals surface area contributed by atoms with Gasteiger partial charge >= 0.3 is 0 Å². The fourth-order valence-electron chi connectivity index (χ4n) is 1.21. The second-order valence-corrected chi connectivity index (χ2v) is 4.75. The maximum atomic E-state index is 11.5. The van der Waals surface area contributed by atoms with Gasteiger partial charge in [-0.1, -0.05) is 0 Å². The largest absolute Gasteiger partial charge is 0.357 e. The van der Waals surface area contributed by atoms with Crippen molar-refractivity contribution in [2.75, 3.05) is 27.2 Å². The smallest absolute Gasteiger partial charge is 0.241 e. The van der Waals surface area contributed by atoms with Crippen LogP contribution in [0.4, 0.5) is 0 Å². The zero-order chi connectivity index (χ0) is 13.4. The molecule has 7 heteroatoms. The number of nitrogens with one attached hydrogen (secondary N) is 2. The summed E-state index contributed by atoms with van der Waals surface area (Å²) in [7, 11) is 3.47. The van der Waals surface area contributed by atoms with E-state index >= 15 is 0 Å². The average molecular weight is 396 g/mol. The Bertz CT molecular complexity index is 392. The lowest BCUT2D eigenvalue weighted by atomic mass is 10.3. The summed E-state index contributed by atoms with van der Waals surface area (Å²) in [6.07, 6.45) is 0. The maximum Gasteiger partial charge on any atom is 0.241 e. The van der Waals surface area contributed by atoms with Crippen LogP contribution in [-0.2, 0) is 11.3 Å². The van der Waals surface area contributed by atoms with Crippen molar-refractivity contribution in [1.29, 1.82) is 0 Å². The minimum atomic E-state index is 0. The molecule has 0 aliphatic heterocycles. The number of amides is 1. The highest BCUT2D eigenvalue weighted by Gasteiger charge is 2.04. The molecule has 1 amide bonds. The van der Waals surface area contributed by atoms with Crippen molar-refractivity contribution in [1.82, 2.24) is 15.5 Å². The molecule has 1 aromatic heterocycles. The highest BCUT2D eigenvalue weighted by atomic mass is 127. The summed E-state index contributed by atoms with van der Waals surface area (Å²) in [5.41, 5.74) is 1.18. The van der Waals surface area contributed by atoms with E-state index in [0.29, 0.717) is 12.5 Å². The van der Waals surface area contributed by atoms with Crippen LogP contribution in [0.15, 0.2) is 21.8 Å². The molecule has 108 valence electrons. The van der Waals surface area contributed by atoms with Crippen molar-refractivity contribution >= 4 is 47.2 Å². The monoisotopic (exact) mass is 396 g/mol. The Balaban J connectivity index is 0.00000324. The van der Waals surface area contributed by atoms with Gasteiger partial charge < -0.3 is 15.5 Å². The molecule has 0 aromatic carbocycles. The Morgan fingerprint density at radius 2 is 2.16 bits per heavy atom. The van der Waals surface area contributed by atoms with E-state index in [4.69, 9.17) is 0 Å². The number of hydrogen-bond acceptors (Lipinski definition) is 3. The van der Waals surface area contributed by atoms with Crippen LogP contribution in [0.5, 0.6) is 0 Å². The summed E-state index contributed by atoms with van der Waals surface area (Å²) in [4.78, 5) is 17.4. The van der Waals surface area contributed by atoms with E-state index in [2.05, 4.69) is 21.0 Å². The second kappa shape index (κ2) is 10.0. The van der Waals surface area contributed by atoms with Crippen molar-refractivity contribution in [3.8, 4) is 0 Å². The van der Waals surface area contributed by atoms with Gasteiger partial charge in [-0.3, -0.25) is 4.79 Å². The molecular formula is C12H21IN4OS. The van der Waals surface area contributed by atoms with E-state index in [0.717, 1.165) is 6.54 Å². The van der Waals surface area contributed by atoms with Crippen LogP contribution in [0.1, 0.15) is 12.5 Å². The Kier molecular flexibility index (Phi) is 9.58. The predicted octanol–water partition coefficient (Wildman–Crippen LogP) is 1.51. The molecule has 0 saturated carbocycles. The number of carbonyl (C=O) groups excluding carboxylic acids is 1. The fraction of sp³-hybridized carbons (Fsp3) is 0.500. The van der Waals surface area contributed by atoms with E-state index < -0.39 is 0 Å². The number of carbonyl (C=O) groups is 1. The van der Waals surface area contributed by atoms with E-state index in [1.54, 1.807) is 30.3 Å². The minimum Gasteiger partial charge on any atom is -0.357 e. The van der Waals surface area contributed by atoms with Gasteiger partial charge in [0.2, 0.25) is 5.91 Å². The van der Waals surface area contributed by atoms with Gasteiger partial charge in [0.25, 0.3) is 0 Å². The van der Waals surface area contributed by atoms with Crippen molar-refractivity contribution in [2.45, 2.75) is 13.5 Å². The first-order valence-corrected chi connectivity index (χ1v) is 6.81. The number of hydrogen-bond donors (Lipinski definition) is 2. The summed E-state index contributed by atoms with van der Waals surface area (Å²) in [6.45, 7) is 3.64. The molecule has 0 aliphatic rings. The lowest BCUT2D eigenvalue weighted by Crippen LogP contribution is -2.42. The van der Waals surface area contributed by atoms with Gasteiger partial charge in [-0.15, -0.1) is 24.0 Å². The maximum absolute atomic E-state index is 11.5. The van der Waals surface area contributed by atoms with Gasteiger partial charge in [0.05, 0.1) is 13.1 Å². The molecule has 0 radical (unpaired) electrons. The molecule has 1 aromatic rings. The molecule has 0 bridgehead atoms. The van der Waals surface area contributed by atoms with Gasteiger partial charge in [-0.25, -0.2) is 4.99 Å². The van der Waals surface area contributed by atoms with E-state index in [-0.39, 0.29) is 36.4 Å². The molecule has 0 spiro atoms. The molecular weight excluding hydrogens is 375 g/mol. The summed E-state index contributed by atoms with van der Waals surface area (Å²) in [5, 5.41) is 10.2. The summed E-state index contributed by atoms with van der Waals surface area (Å²) in [5.74, 6) is 0.690. The standard InChI is InChI=1S/C12H20N4OS.HI/c1-4-13-12(15-8-11(17)16(2)3)14-7-10-5-6-18-9-10;/h5-6,9H,4,7-8H2,1-3H3,(H2,13,14,15);1H. The SMILES string of the molecule is CCNC(=NCc1ccsc1)NCC(=O)N(C)C.I. The van der Waals surface area contributed by atoms with Crippen molar-refractivity contribution in [2.24, 2.45) is 4.99 Å². The van der Waals surface area contributed by atoms with Crippen LogP contribution in [0.2, 0.25) is 0 Å². The zero-order valence-electron chi connectivity index (χ0n) is 11.5. The molecule has 1 heterocycles. The molecule has 1 rings (SSSR count). The molecule has 0 unspecified atom stereocenters. The summed E-state index contributed by atoms with van der Waals surface area (Å²) >= 11 is 1.66. The van der Waals surface area contributed by atoms with Crippen LogP contribution in [0, 0.1) is 0 Å². The number of thiophene rings is 1. The number of aliphatic imine (C=N–C) groups is 1. The number of halogens is 1. The van der Waals surface area contributed by atoms with Gasteiger partial charge in [0.1, 0.15) is 0 Å². The van der Waals surface area contributed by atoms with Crippen molar-refractivity contribution in [3.63, 3.8) is 0 Å². The first-order chi connectivity index (χ1) is 8.63. The van der Waals surface area contributed by atoms with Crippen LogP contribution in [0.3, 0.4) is 0 Å². The Hall–Kier alpha value is -0.830. The third-order valence-electron chi connectivity index (χ3n) is 2.25. The number of likely N-dealkylation sites (N-methyl/N-ethyl adjacent to an activating group) is 1. The van der Waals surface area contributed by atoms with Crippen LogP contribution < -0.4 is 10.6 Å². The number of guanidine groups is 1. The first-order valence-electron chi connectivity index (χ1n) is 5.87. The van der Waals surface area contributed by atoms with Crippen LogP contribution in [0.25, 0.3) is 0 Å². The minimum absolute atomic E-state index is 0. The molecule has 2 N–H and O–H groups in total. The lowest BCUT2D eigenvalue weighted by Gasteiger charge is -2.13. The third kappa shape index (κ3) is 7.36. The number of nitrogens with zero attached hydrogens (tertiary/aromatic N) is 2. The van der Waals surface area contributed by atoms with Crippen LogP contribution >= 0.6 is 35.3 Å². The zero-order valence-corrected chi connectivity index (χ0v) is 14.6. The Labute approximate surface area is 135 Å². The van der Waals surface area contributed by atoms with Gasteiger partial charge in [0, 0.05) is 20.6 Å². The molecule has 0 aliphatic carbocycles.